The smallest absolute Gasteiger partial charge is 0.225 e. The highest BCUT2D eigenvalue weighted by atomic mass is 16.5. The second kappa shape index (κ2) is 2.17. The van der Waals surface area contributed by atoms with Crippen LogP contribution in [0.4, 0.5) is 5.69 Å². The largest absolute Gasteiger partial charge is 0.456 e. The molecule has 1 aliphatic rings. The number of nitrogens with one attached hydrogen (secondary N) is 1. The van der Waals surface area contributed by atoms with Crippen molar-refractivity contribution in [2.45, 2.75) is 6.35 Å². The summed E-state index contributed by atoms with van der Waals surface area (Å²) in [6, 6.07) is 5.37. The average molecular weight is 146 g/mol. The van der Waals surface area contributed by atoms with Crippen molar-refractivity contribution in [2.75, 3.05) is 5.32 Å². The van der Waals surface area contributed by atoms with Gasteiger partial charge in [-0.05, 0) is 12.1 Å². The Kier molecular flexibility index (Phi) is 1.29. The quantitative estimate of drug-likeness (QED) is 0.486. The Morgan fingerprint density at radius 3 is 3.18 bits per heavy atom. The lowest BCUT2D eigenvalue weighted by atomic mass is 9.96. The lowest BCUT2D eigenvalue weighted by molar-refractivity contribution is 0.262. The van der Waals surface area contributed by atoms with Gasteiger partial charge in [-0.1, -0.05) is 11.5 Å². The molecule has 0 amide bonds. The predicted octanol–water partition coefficient (Wildman–Crippen LogP) is -0.473. The van der Waals surface area contributed by atoms with E-state index in [1.54, 1.807) is 18.2 Å². The summed E-state index contributed by atoms with van der Waals surface area (Å²) >= 11 is 0. The van der Waals surface area contributed by atoms with Crippen LogP contribution < -0.4 is 21.3 Å². The van der Waals surface area contributed by atoms with Crippen molar-refractivity contribution in [3.05, 3.63) is 18.2 Å². The van der Waals surface area contributed by atoms with E-state index in [1.165, 1.54) is 0 Å². The van der Waals surface area contributed by atoms with Crippen LogP contribution in [0.25, 0.3) is 0 Å². The highest BCUT2D eigenvalue weighted by Gasteiger charge is 2.16. The van der Waals surface area contributed by atoms with E-state index in [1.807, 2.05) is 0 Å². The molecule has 2 rings (SSSR count). The van der Waals surface area contributed by atoms with Crippen LogP contribution in [-0.4, -0.2) is 14.2 Å². The number of ether oxygens (including phenoxy) is 1. The first kappa shape index (κ1) is 6.55. The average Bonchev–Trinajstić information content (AvgIpc) is 2.27. The van der Waals surface area contributed by atoms with Crippen LogP contribution in [0.15, 0.2) is 18.2 Å². The molecule has 0 aliphatic carbocycles. The minimum atomic E-state index is -0.438. The zero-order chi connectivity index (χ0) is 7.84. The van der Waals surface area contributed by atoms with E-state index in [9.17, 15) is 0 Å². The Hall–Kier alpha value is -1.16. The molecule has 1 heterocycles. The Bertz CT molecular complexity index is 290. The number of fused-ring (bicyclic) bond motifs is 1. The molecule has 11 heavy (non-hydrogen) atoms. The first-order valence-corrected chi connectivity index (χ1v) is 3.34. The fraction of sp³-hybridized carbons (Fsp3) is 0.143. The summed E-state index contributed by atoms with van der Waals surface area (Å²) in [6.07, 6.45) is -0.438. The van der Waals surface area contributed by atoms with Crippen LogP contribution in [0.1, 0.15) is 0 Å². The zero-order valence-corrected chi connectivity index (χ0v) is 5.87. The lowest BCUT2D eigenvalue weighted by Gasteiger charge is -2.00. The van der Waals surface area contributed by atoms with Crippen molar-refractivity contribution in [3.8, 4) is 5.75 Å². The van der Waals surface area contributed by atoms with E-state index in [0.29, 0.717) is 5.46 Å². The van der Waals surface area contributed by atoms with Gasteiger partial charge < -0.3 is 10.1 Å². The van der Waals surface area contributed by atoms with Crippen LogP contribution in [0.3, 0.4) is 0 Å². The monoisotopic (exact) mass is 146 g/mol. The predicted molar refractivity (Wildman–Crippen MR) is 44.1 cm³/mol. The Balaban J connectivity index is 2.43. The van der Waals surface area contributed by atoms with Gasteiger partial charge in [0, 0.05) is 0 Å². The molecule has 1 aliphatic heterocycles. The Morgan fingerprint density at radius 2 is 2.36 bits per heavy atom. The summed E-state index contributed by atoms with van der Waals surface area (Å²) in [7, 11) is 5.54. The summed E-state index contributed by atoms with van der Waals surface area (Å²) < 4.78 is 5.17. The molecule has 0 spiro atoms. The first-order valence-electron chi connectivity index (χ1n) is 3.34. The summed E-state index contributed by atoms with van der Waals surface area (Å²) in [5.74, 6) is 0.756. The number of hydrogen-bond acceptors (Lipinski definition) is 3. The van der Waals surface area contributed by atoms with Gasteiger partial charge in [0.25, 0.3) is 0 Å². The summed E-state index contributed by atoms with van der Waals surface area (Å²) in [5.41, 5.74) is 7.02. The van der Waals surface area contributed by atoms with Crippen molar-refractivity contribution in [1.82, 2.24) is 0 Å². The van der Waals surface area contributed by atoms with Gasteiger partial charge in [0.1, 0.15) is 13.6 Å². The normalized spacial score (nSPS) is 20.3. The second-order valence-electron chi connectivity index (χ2n) is 2.44. The van der Waals surface area contributed by atoms with Gasteiger partial charge in [0.05, 0.1) is 5.69 Å². The van der Waals surface area contributed by atoms with E-state index in [0.717, 1.165) is 11.4 Å². The Labute approximate surface area is 65.9 Å². The SMILES string of the molecule is [B]c1ccc2c(c1)NC(N)O2. The molecule has 0 fully saturated rings. The highest BCUT2D eigenvalue weighted by molar-refractivity contribution is 6.32. The van der Waals surface area contributed by atoms with Gasteiger partial charge in [-0.25, -0.2) is 0 Å². The molecular weight excluding hydrogens is 139 g/mol. The van der Waals surface area contributed by atoms with E-state index in [-0.39, 0.29) is 0 Å². The van der Waals surface area contributed by atoms with Crippen molar-refractivity contribution in [2.24, 2.45) is 5.73 Å². The fourth-order valence-corrected chi connectivity index (χ4v) is 1.08. The lowest BCUT2D eigenvalue weighted by Crippen LogP contribution is -2.30. The minimum absolute atomic E-state index is 0.438. The molecule has 1 aromatic rings. The molecule has 3 nitrogen and oxygen atoms in total. The van der Waals surface area contributed by atoms with Gasteiger partial charge in [-0.15, -0.1) is 0 Å². The maximum atomic E-state index is 5.54. The minimum Gasteiger partial charge on any atom is -0.456 e. The standard InChI is InChI=1S/C7H7BN2O/c8-4-1-2-6-5(3-4)10-7(9)11-6/h1-3,7,10H,9H2. The molecule has 0 aromatic heterocycles. The summed E-state index contributed by atoms with van der Waals surface area (Å²) in [4.78, 5) is 0. The van der Waals surface area contributed by atoms with Gasteiger partial charge in [-0.3, -0.25) is 5.73 Å². The van der Waals surface area contributed by atoms with Crippen LogP contribution in [0.5, 0.6) is 5.75 Å². The summed E-state index contributed by atoms with van der Waals surface area (Å²) in [5, 5.41) is 2.91. The van der Waals surface area contributed by atoms with Crippen LogP contribution in [-0.2, 0) is 0 Å². The van der Waals surface area contributed by atoms with E-state index < -0.39 is 6.35 Å². The third-order valence-corrected chi connectivity index (χ3v) is 1.56. The topological polar surface area (TPSA) is 47.3 Å². The highest BCUT2D eigenvalue weighted by Crippen LogP contribution is 2.28. The number of benzene rings is 1. The van der Waals surface area contributed by atoms with Gasteiger partial charge in [0.15, 0.2) is 0 Å². The maximum absolute atomic E-state index is 5.54. The van der Waals surface area contributed by atoms with Gasteiger partial charge in [-0.2, -0.15) is 0 Å². The van der Waals surface area contributed by atoms with Crippen molar-refractivity contribution >= 4 is 19.0 Å². The number of nitrogens with two attached hydrogens (primary N) is 1. The van der Waals surface area contributed by atoms with Gasteiger partial charge in [0.2, 0.25) is 6.35 Å². The third-order valence-electron chi connectivity index (χ3n) is 1.56. The molecule has 1 atom stereocenters. The van der Waals surface area contributed by atoms with Crippen molar-refractivity contribution in [3.63, 3.8) is 0 Å². The first-order chi connectivity index (χ1) is 5.25. The van der Waals surface area contributed by atoms with Gasteiger partial charge >= 0.3 is 0 Å². The van der Waals surface area contributed by atoms with Crippen LogP contribution in [0, 0.1) is 0 Å². The molecule has 0 bridgehead atoms. The molecule has 4 heteroatoms. The molecular formula is C7H7BN2O. The van der Waals surface area contributed by atoms with Crippen LogP contribution >= 0.6 is 0 Å². The van der Waals surface area contributed by atoms with Crippen LogP contribution in [0.2, 0.25) is 0 Å². The molecule has 0 saturated heterocycles. The molecule has 1 aromatic carbocycles. The van der Waals surface area contributed by atoms with Crippen molar-refractivity contribution < 1.29 is 4.74 Å². The van der Waals surface area contributed by atoms with E-state index in [2.05, 4.69) is 5.32 Å². The molecule has 54 valence electrons. The molecule has 1 unspecified atom stereocenters. The number of rotatable bonds is 0. The zero-order valence-electron chi connectivity index (χ0n) is 5.87. The van der Waals surface area contributed by atoms with Crippen molar-refractivity contribution in [1.29, 1.82) is 0 Å². The fourth-order valence-electron chi connectivity index (χ4n) is 1.08. The Morgan fingerprint density at radius 1 is 1.55 bits per heavy atom. The van der Waals surface area contributed by atoms with E-state index >= 15 is 0 Å². The molecule has 2 radical (unpaired) electrons. The number of anilines is 1. The maximum Gasteiger partial charge on any atom is 0.225 e. The third kappa shape index (κ3) is 1.05. The second-order valence-corrected chi connectivity index (χ2v) is 2.44. The molecule has 0 saturated carbocycles. The molecule has 3 N–H and O–H groups in total. The number of hydrogen-bond donors (Lipinski definition) is 2. The summed E-state index contributed by atoms with van der Waals surface area (Å²) in [6.45, 7) is 0. The van der Waals surface area contributed by atoms with E-state index in [4.69, 9.17) is 18.3 Å².